The first-order valence-corrected chi connectivity index (χ1v) is 5.93. The number of thiazole rings is 1. The van der Waals surface area contributed by atoms with E-state index in [4.69, 9.17) is 0 Å². The maximum absolute atomic E-state index is 11.4. The summed E-state index contributed by atoms with van der Waals surface area (Å²) in [6, 6.07) is 0. The lowest BCUT2D eigenvalue weighted by atomic mass is 10.5. The van der Waals surface area contributed by atoms with Crippen LogP contribution in [0.15, 0.2) is 28.6 Å². The van der Waals surface area contributed by atoms with Gasteiger partial charge < -0.3 is 0 Å². The molecule has 0 amide bonds. The molecule has 0 atom stereocenters. The minimum atomic E-state index is -3.14. The van der Waals surface area contributed by atoms with Gasteiger partial charge in [0.25, 0.3) is 0 Å². The molecule has 0 saturated carbocycles. The van der Waals surface area contributed by atoms with Crippen molar-refractivity contribution >= 4 is 21.2 Å². The number of nitrogens with zero attached hydrogens (tertiary/aromatic N) is 1. The van der Waals surface area contributed by atoms with E-state index in [1.165, 1.54) is 6.20 Å². The fourth-order valence-corrected chi connectivity index (χ4v) is 2.93. The van der Waals surface area contributed by atoms with Gasteiger partial charge in [-0.15, -0.1) is 17.9 Å². The highest BCUT2D eigenvalue weighted by molar-refractivity contribution is 7.93. The average molecular weight is 203 g/mol. The van der Waals surface area contributed by atoms with Crippen molar-refractivity contribution in [3.63, 3.8) is 0 Å². The largest absolute Gasteiger partial charge is 0.234 e. The number of allylic oxidation sites excluding steroid dienone is 1. The second kappa shape index (κ2) is 3.82. The van der Waals surface area contributed by atoms with E-state index in [-0.39, 0.29) is 10.1 Å². The Labute approximate surface area is 75.7 Å². The SMILES string of the molecule is C=CCCS(=O)(=O)c1nccs1. The monoisotopic (exact) mass is 203 g/mol. The van der Waals surface area contributed by atoms with E-state index in [2.05, 4.69) is 11.6 Å². The summed E-state index contributed by atoms with van der Waals surface area (Å²) in [7, 11) is -3.14. The predicted molar refractivity (Wildman–Crippen MR) is 49.0 cm³/mol. The average Bonchev–Trinajstić information content (AvgIpc) is 2.53. The topological polar surface area (TPSA) is 47.0 Å². The Kier molecular flexibility index (Phi) is 2.99. The normalized spacial score (nSPS) is 11.3. The summed E-state index contributed by atoms with van der Waals surface area (Å²) in [4.78, 5) is 3.74. The zero-order chi connectivity index (χ0) is 9.03. The van der Waals surface area contributed by atoms with Crippen molar-refractivity contribution in [2.75, 3.05) is 5.75 Å². The molecular formula is C7H9NO2S2. The molecule has 0 radical (unpaired) electrons. The van der Waals surface area contributed by atoms with Gasteiger partial charge in [-0.2, -0.15) is 0 Å². The standard InChI is InChI=1S/C7H9NO2S2/c1-2-3-6-12(9,10)7-8-4-5-11-7/h2,4-5H,1,3,6H2. The lowest BCUT2D eigenvalue weighted by molar-refractivity contribution is 0.595. The van der Waals surface area contributed by atoms with Gasteiger partial charge in [0, 0.05) is 11.6 Å². The first-order valence-electron chi connectivity index (χ1n) is 3.40. The Balaban J connectivity index is 2.80. The van der Waals surface area contributed by atoms with Crippen molar-refractivity contribution in [2.24, 2.45) is 0 Å². The van der Waals surface area contributed by atoms with Gasteiger partial charge in [-0.3, -0.25) is 0 Å². The molecule has 12 heavy (non-hydrogen) atoms. The quantitative estimate of drug-likeness (QED) is 0.696. The van der Waals surface area contributed by atoms with Crippen molar-refractivity contribution in [1.82, 2.24) is 4.98 Å². The number of hydrogen-bond donors (Lipinski definition) is 0. The van der Waals surface area contributed by atoms with Gasteiger partial charge in [-0.1, -0.05) is 6.08 Å². The molecule has 1 aromatic rings. The third-order valence-electron chi connectivity index (χ3n) is 1.27. The van der Waals surface area contributed by atoms with Crippen LogP contribution >= 0.6 is 11.3 Å². The molecule has 0 fully saturated rings. The van der Waals surface area contributed by atoms with Gasteiger partial charge in [0.05, 0.1) is 5.75 Å². The van der Waals surface area contributed by atoms with E-state index in [1.54, 1.807) is 11.5 Å². The highest BCUT2D eigenvalue weighted by Crippen LogP contribution is 2.14. The molecule has 0 bridgehead atoms. The molecule has 0 aromatic carbocycles. The van der Waals surface area contributed by atoms with E-state index < -0.39 is 9.84 Å². The van der Waals surface area contributed by atoms with Crippen LogP contribution < -0.4 is 0 Å². The van der Waals surface area contributed by atoms with Gasteiger partial charge in [0.15, 0.2) is 0 Å². The summed E-state index contributed by atoms with van der Waals surface area (Å²) >= 11 is 1.15. The summed E-state index contributed by atoms with van der Waals surface area (Å²) < 4.78 is 22.9. The number of hydrogen-bond acceptors (Lipinski definition) is 4. The molecule has 0 N–H and O–H groups in total. The summed E-state index contributed by atoms with van der Waals surface area (Å²) in [6.45, 7) is 3.46. The zero-order valence-electron chi connectivity index (χ0n) is 6.43. The molecule has 5 heteroatoms. The Morgan fingerprint density at radius 2 is 2.42 bits per heavy atom. The minimum Gasteiger partial charge on any atom is -0.234 e. The maximum atomic E-state index is 11.4. The van der Waals surface area contributed by atoms with Crippen LogP contribution in [0.3, 0.4) is 0 Å². The zero-order valence-corrected chi connectivity index (χ0v) is 8.07. The molecule has 0 unspecified atom stereocenters. The fourth-order valence-electron chi connectivity index (χ4n) is 0.690. The number of sulfone groups is 1. The van der Waals surface area contributed by atoms with Crippen LogP contribution in [0.4, 0.5) is 0 Å². The molecule has 1 rings (SSSR count). The van der Waals surface area contributed by atoms with Gasteiger partial charge in [0.1, 0.15) is 0 Å². The molecule has 0 aliphatic carbocycles. The Morgan fingerprint density at radius 3 is 2.92 bits per heavy atom. The van der Waals surface area contributed by atoms with Crippen LogP contribution in [0.2, 0.25) is 0 Å². The third kappa shape index (κ3) is 2.15. The van der Waals surface area contributed by atoms with Crippen molar-refractivity contribution < 1.29 is 8.42 Å². The molecule has 0 saturated heterocycles. The van der Waals surface area contributed by atoms with Crippen LogP contribution in [0, 0.1) is 0 Å². The first kappa shape index (κ1) is 9.41. The van der Waals surface area contributed by atoms with E-state index in [9.17, 15) is 8.42 Å². The van der Waals surface area contributed by atoms with Gasteiger partial charge in [0.2, 0.25) is 14.2 Å². The van der Waals surface area contributed by atoms with Crippen LogP contribution in [-0.2, 0) is 9.84 Å². The highest BCUT2D eigenvalue weighted by atomic mass is 32.2. The molecule has 0 spiro atoms. The van der Waals surface area contributed by atoms with Crippen LogP contribution in [0.25, 0.3) is 0 Å². The van der Waals surface area contributed by atoms with E-state index in [1.807, 2.05) is 0 Å². The molecule has 0 aliphatic heterocycles. The molecule has 1 heterocycles. The van der Waals surface area contributed by atoms with Crippen molar-refractivity contribution in [1.29, 1.82) is 0 Å². The van der Waals surface area contributed by atoms with Crippen LogP contribution in [-0.4, -0.2) is 19.2 Å². The summed E-state index contributed by atoms with van der Waals surface area (Å²) in [6.07, 6.45) is 3.55. The van der Waals surface area contributed by atoms with Crippen molar-refractivity contribution in [2.45, 2.75) is 10.8 Å². The van der Waals surface area contributed by atoms with E-state index in [0.717, 1.165) is 11.3 Å². The smallest absolute Gasteiger partial charge is 0.209 e. The van der Waals surface area contributed by atoms with Gasteiger partial charge >= 0.3 is 0 Å². The fraction of sp³-hybridized carbons (Fsp3) is 0.286. The summed E-state index contributed by atoms with van der Waals surface area (Å²) in [5, 5.41) is 1.65. The van der Waals surface area contributed by atoms with Crippen molar-refractivity contribution in [3.8, 4) is 0 Å². The molecule has 66 valence electrons. The third-order valence-corrected chi connectivity index (χ3v) is 4.29. The Morgan fingerprint density at radius 1 is 1.67 bits per heavy atom. The van der Waals surface area contributed by atoms with Crippen LogP contribution in [0.5, 0.6) is 0 Å². The Hall–Kier alpha value is -0.680. The number of aromatic nitrogens is 1. The lowest BCUT2D eigenvalue weighted by Crippen LogP contribution is -2.05. The lowest BCUT2D eigenvalue weighted by Gasteiger charge is -1.95. The van der Waals surface area contributed by atoms with E-state index >= 15 is 0 Å². The minimum absolute atomic E-state index is 0.101. The van der Waals surface area contributed by atoms with Gasteiger partial charge in [-0.25, -0.2) is 13.4 Å². The molecule has 1 aromatic heterocycles. The molecular weight excluding hydrogens is 194 g/mol. The highest BCUT2D eigenvalue weighted by Gasteiger charge is 2.15. The summed E-state index contributed by atoms with van der Waals surface area (Å²) in [5.41, 5.74) is 0. The predicted octanol–water partition coefficient (Wildman–Crippen LogP) is 1.49. The maximum Gasteiger partial charge on any atom is 0.209 e. The Bertz CT molecular complexity index is 339. The van der Waals surface area contributed by atoms with E-state index in [0.29, 0.717) is 6.42 Å². The number of rotatable bonds is 4. The van der Waals surface area contributed by atoms with Crippen molar-refractivity contribution in [3.05, 3.63) is 24.2 Å². The second-order valence-corrected chi connectivity index (χ2v) is 5.37. The summed E-state index contributed by atoms with van der Waals surface area (Å²) in [5.74, 6) is 0.101. The molecule has 0 aliphatic rings. The van der Waals surface area contributed by atoms with Gasteiger partial charge in [-0.05, 0) is 6.42 Å². The van der Waals surface area contributed by atoms with Crippen LogP contribution in [0.1, 0.15) is 6.42 Å². The first-order chi connectivity index (χ1) is 5.67. The molecule has 3 nitrogen and oxygen atoms in total. The second-order valence-electron chi connectivity index (χ2n) is 2.19.